The Morgan fingerprint density at radius 2 is 1.72 bits per heavy atom. The number of esters is 1. The number of amides is 1. The van der Waals surface area contributed by atoms with Gasteiger partial charge in [0.05, 0.1) is 35.5 Å². The number of hydrogen-bond donors (Lipinski definition) is 2. The molecule has 0 atom stereocenters. The molecule has 0 bridgehead atoms. The van der Waals surface area contributed by atoms with Crippen molar-refractivity contribution in [1.82, 2.24) is 10.4 Å². The Hall–Kier alpha value is -5.89. The van der Waals surface area contributed by atoms with Crippen molar-refractivity contribution in [1.29, 1.82) is 5.26 Å². The number of nitriles is 1. The molecule has 5 aromatic rings. The average molecular weight is 583 g/mol. The third-order valence-corrected chi connectivity index (χ3v) is 6.44. The van der Waals surface area contributed by atoms with Crippen LogP contribution in [0.1, 0.15) is 37.5 Å². The van der Waals surface area contributed by atoms with Gasteiger partial charge in [-0.25, -0.2) is 10.2 Å². The summed E-state index contributed by atoms with van der Waals surface area (Å²) in [6.07, 6.45) is -3.27. The number of nitrogens with zero attached hydrogens (tertiary/aromatic N) is 2. The zero-order valence-corrected chi connectivity index (χ0v) is 22.4. The first-order chi connectivity index (χ1) is 20.7. The van der Waals surface area contributed by atoms with E-state index in [0.29, 0.717) is 33.7 Å². The molecule has 0 radical (unpaired) electrons. The summed E-state index contributed by atoms with van der Waals surface area (Å²) in [5.74, 6) is -1.45. The first-order valence-corrected chi connectivity index (χ1v) is 12.7. The second-order valence-corrected chi connectivity index (χ2v) is 9.16. The maximum atomic E-state index is 13.2. The molecular weight excluding hydrogens is 561 g/mol. The van der Waals surface area contributed by atoms with Gasteiger partial charge in [-0.05, 0) is 53.6 Å². The Bertz CT molecular complexity index is 1910. The third kappa shape index (κ3) is 6.08. The third-order valence-electron chi connectivity index (χ3n) is 6.44. The number of carbonyl (C=O) groups is 2. The lowest BCUT2D eigenvalue weighted by Crippen LogP contribution is -2.19. The van der Waals surface area contributed by atoms with Gasteiger partial charge in [0.15, 0.2) is 11.5 Å². The van der Waals surface area contributed by atoms with Crippen LogP contribution in [0.3, 0.4) is 0 Å². The molecule has 0 unspecified atom stereocenters. The fraction of sp³-hybridized carbons (Fsp3) is 0.0625. The van der Waals surface area contributed by atoms with Crippen LogP contribution < -0.4 is 14.9 Å². The van der Waals surface area contributed by atoms with Crippen molar-refractivity contribution in [3.63, 3.8) is 0 Å². The predicted molar refractivity (Wildman–Crippen MR) is 153 cm³/mol. The number of hydrogen-bond acceptors (Lipinski definition) is 6. The number of methoxy groups -OCH3 is 1. The normalized spacial score (nSPS) is 11.3. The van der Waals surface area contributed by atoms with E-state index in [1.807, 2.05) is 36.4 Å². The quantitative estimate of drug-likeness (QED) is 0.0957. The lowest BCUT2D eigenvalue weighted by Gasteiger charge is -2.11. The molecule has 43 heavy (non-hydrogen) atoms. The van der Waals surface area contributed by atoms with E-state index in [4.69, 9.17) is 9.47 Å². The molecule has 1 heterocycles. The highest BCUT2D eigenvalue weighted by Gasteiger charge is 2.31. The molecule has 1 amide bonds. The molecule has 5 rings (SSSR count). The molecular formula is C32H21F3N4O4. The Kier molecular flexibility index (Phi) is 7.94. The number of benzene rings is 4. The van der Waals surface area contributed by atoms with E-state index in [-0.39, 0.29) is 22.8 Å². The van der Waals surface area contributed by atoms with Crippen molar-refractivity contribution in [2.75, 3.05) is 7.11 Å². The average Bonchev–Trinajstić information content (AvgIpc) is 3.42. The molecule has 11 heteroatoms. The fourth-order valence-corrected chi connectivity index (χ4v) is 4.44. The first kappa shape index (κ1) is 28.6. The van der Waals surface area contributed by atoms with E-state index in [0.717, 1.165) is 17.7 Å². The first-order valence-electron chi connectivity index (χ1n) is 12.7. The molecule has 0 fully saturated rings. The molecule has 2 N–H and O–H groups in total. The Labute approximate surface area is 243 Å². The van der Waals surface area contributed by atoms with E-state index < -0.39 is 23.6 Å². The van der Waals surface area contributed by atoms with Crippen LogP contribution in [0, 0.1) is 11.3 Å². The van der Waals surface area contributed by atoms with Crippen molar-refractivity contribution in [2.45, 2.75) is 6.18 Å². The van der Waals surface area contributed by atoms with Crippen LogP contribution in [-0.4, -0.2) is 30.2 Å². The number of halogens is 3. The van der Waals surface area contributed by atoms with Crippen LogP contribution in [0.5, 0.6) is 11.5 Å². The van der Waals surface area contributed by atoms with E-state index in [1.54, 1.807) is 12.1 Å². The van der Waals surface area contributed by atoms with Gasteiger partial charge in [0.1, 0.15) is 11.8 Å². The highest BCUT2D eigenvalue weighted by molar-refractivity contribution is 6.10. The number of fused-ring (bicyclic) bond motifs is 1. The number of carbonyl (C=O) groups excluding carboxylic acids is 2. The number of H-pyrrole nitrogens is 1. The largest absolute Gasteiger partial charge is 0.493 e. The van der Waals surface area contributed by atoms with Gasteiger partial charge in [-0.15, -0.1) is 0 Å². The van der Waals surface area contributed by atoms with Crippen LogP contribution in [0.2, 0.25) is 0 Å². The van der Waals surface area contributed by atoms with Crippen molar-refractivity contribution in [3.05, 3.63) is 119 Å². The molecule has 8 nitrogen and oxygen atoms in total. The van der Waals surface area contributed by atoms with Gasteiger partial charge in [0, 0.05) is 10.9 Å². The van der Waals surface area contributed by atoms with Gasteiger partial charge in [0.25, 0.3) is 5.91 Å². The van der Waals surface area contributed by atoms with Crippen LogP contribution in [0.15, 0.2) is 96.1 Å². The van der Waals surface area contributed by atoms with Gasteiger partial charge >= 0.3 is 12.1 Å². The second-order valence-electron chi connectivity index (χ2n) is 9.16. The number of aromatic amines is 1. The van der Waals surface area contributed by atoms with Crippen molar-refractivity contribution < 1.29 is 32.2 Å². The molecule has 4 aromatic carbocycles. The maximum Gasteiger partial charge on any atom is 0.416 e. The molecule has 0 aliphatic rings. The molecule has 214 valence electrons. The Morgan fingerprint density at radius 1 is 0.953 bits per heavy atom. The maximum absolute atomic E-state index is 13.2. The Balaban J connectivity index is 1.35. The monoisotopic (exact) mass is 582 g/mol. The zero-order valence-electron chi connectivity index (χ0n) is 22.4. The Morgan fingerprint density at radius 3 is 2.44 bits per heavy atom. The van der Waals surface area contributed by atoms with Crippen LogP contribution in [-0.2, 0) is 6.18 Å². The van der Waals surface area contributed by atoms with Gasteiger partial charge in [0.2, 0.25) is 0 Å². The number of ether oxygens (including phenoxy) is 2. The summed E-state index contributed by atoms with van der Waals surface area (Å²) in [5, 5.41) is 14.3. The molecule has 0 spiro atoms. The van der Waals surface area contributed by atoms with Crippen molar-refractivity contribution in [2.24, 2.45) is 5.10 Å². The zero-order chi connectivity index (χ0) is 30.6. The summed E-state index contributed by atoms with van der Waals surface area (Å²) >= 11 is 0. The molecule has 0 saturated carbocycles. The highest BCUT2D eigenvalue weighted by atomic mass is 19.4. The second kappa shape index (κ2) is 11.9. The van der Waals surface area contributed by atoms with Gasteiger partial charge in [-0.3, -0.25) is 4.79 Å². The standard InChI is InChI=1S/C32H21F3N4O4/c1-42-26-15-19(13-14-25(26)43-31(41)21-9-5-11-23(16-21)32(33,34)35)18-37-39-30(40)29-27(20-7-3-2-4-8-20)24-12-6-10-22(17-36)28(24)38-29/h2-16,18,38H,1H3,(H,39,40). The summed E-state index contributed by atoms with van der Waals surface area (Å²) in [6, 6.07) is 24.9. The van der Waals surface area contributed by atoms with E-state index >= 15 is 0 Å². The smallest absolute Gasteiger partial charge is 0.416 e. The fourth-order valence-electron chi connectivity index (χ4n) is 4.44. The minimum atomic E-state index is -4.61. The van der Waals surface area contributed by atoms with Gasteiger partial charge in [-0.2, -0.15) is 23.5 Å². The van der Waals surface area contributed by atoms with Crippen LogP contribution in [0.4, 0.5) is 13.2 Å². The van der Waals surface area contributed by atoms with E-state index in [1.165, 1.54) is 37.6 Å². The summed E-state index contributed by atoms with van der Waals surface area (Å²) in [5.41, 5.74) is 4.21. The summed E-state index contributed by atoms with van der Waals surface area (Å²) in [6.45, 7) is 0. The minimum Gasteiger partial charge on any atom is -0.493 e. The van der Waals surface area contributed by atoms with Crippen molar-refractivity contribution in [3.8, 4) is 28.7 Å². The number of nitrogens with one attached hydrogen (secondary N) is 2. The topological polar surface area (TPSA) is 117 Å². The highest BCUT2D eigenvalue weighted by Crippen LogP contribution is 2.34. The number of aromatic nitrogens is 1. The molecule has 0 saturated heterocycles. The molecule has 0 aliphatic carbocycles. The van der Waals surface area contributed by atoms with Crippen molar-refractivity contribution >= 4 is 29.0 Å². The lowest BCUT2D eigenvalue weighted by atomic mass is 10.0. The van der Waals surface area contributed by atoms with Gasteiger partial charge < -0.3 is 14.5 Å². The molecule has 1 aromatic heterocycles. The molecule has 0 aliphatic heterocycles. The van der Waals surface area contributed by atoms with Crippen LogP contribution >= 0.6 is 0 Å². The number of rotatable bonds is 7. The summed E-state index contributed by atoms with van der Waals surface area (Å²) in [4.78, 5) is 28.8. The lowest BCUT2D eigenvalue weighted by molar-refractivity contribution is -0.137. The number of para-hydroxylation sites is 1. The summed E-state index contributed by atoms with van der Waals surface area (Å²) in [7, 11) is 1.33. The SMILES string of the molecule is COc1cc(C=NNC(=O)c2[nH]c3c(C#N)cccc3c2-c2ccccc2)ccc1OC(=O)c1cccc(C(F)(F)F)c1. The minimum absolute atomic E-state index is 0.0232. The number of alkyl halides is 3. The van der Waals surface area contributed by atoms with Crippen LogP contribution in [0.25, 0.3) is 22.0 Å². The summed E-state index contributed by atoms with van der Waals surface area (Å²) < 4.78 is 49.6. The predicted octanol–water partition coefficient (Wildman–Crippen LogP) is 6.72. The van der Waals surface area contributed by atoms with E-state index in [2.05, 4.69) is 21.6 Å². The van der Waals surface area contributed by atoms with E-state index in [9.17, 15) is 28.0 Å². The van der Waals surface area contributed by atoms with Gasteiger partial charge in [-0.1, -0.05) is 48.5 Å². The number of hydrazone groups is 1.